The number of benzene rings is 1. The maximum Gasteiger partial charge on any atom is 0.133 e. The second-order valence-corrected chi connectivity index (χ2v) is 3.64. The smallest absolute Gasteiger partial charge is 0.133 e. The SMILES string of the molecule is COc1cccc(F)c1C(O)c1ccnn1C. The van der Waals surface area contributed by atoms with E-state index in [0.29, 0.717) is 11.4 Å². The molecule has 0 bridgehead atoms. The Labute approximate surface area is 98.3 Å². The van der Waals surface area contributed by atoms with Crippen LogP contribution in [0.4, 0.5) is 4.39 Å². The number of aliphatic hydroxyl groups is 1. The Morgan fingerprint density at radius 3 is 2.76 bits per heavy atom. The molecule has 1 unspecified atom stereocenters. The summed E-state index contributed by atoms with van der Waals surface area (Å²) >= 11 is 0. The van der Waals surface area contributed by atoms with Crippen molar-refractivity contribution in [3.63, 3.8) is 0 Å². The number of methoxy groups -OCH3 is 1. The molecule has 0 saturated heterocycles. The number of rotatable bonds is 3. The average molecular weight is 236 g/mol. The zero-order valence-electron chi connectivity index (χ0n) is 9.59. The summed E-state index contributed by atoms with van der Waals surface area (Å²) < 4.78 is 20.3. The monoisotopic (exact) mass is 236 g/mol. The van der Waals surface area contributed by atoms with Gasteiger partial charge in [0.25, 0.3) is 0 Å². The van der Waals surface area contributed by atoms with Gasteiger partial charge in [-0.3, -0.25) is 4.68 Å². The molecule has 2 aromatic rings. The summed E-state index contributed by atoms with van der Waals surface area (Å²) in [4.78, 5) is 0. The van der Waals surface area contributed by atoms with Crippen molar-refractivity contribution in [3.8, 4) is 5.75 Å². The van der Waals surface area contributed by atoms with Crippen LogP contribution in [0.2, 0.25) is 0 Å². The largest absolute Gasteiger partial charge is 0.496 e. The summed E-state index contributed by atoms with van der Waals surface area (Å²) in [7, 11) is 3.13. The Bertz CT molecular complexity index is 525. The zero-order valence-corrected chi connectivity index (χ0v) is 9.59. The number of aliphatic hydroxyl groups excluding tert-OH is 1. The van der Waals surface area contributed by atoms with Crippen molar-refractivity contribution in [2.45, 2.75) is 6.10 Å². The highest BCUT2D eigenvalue weighted by molar-refractivity contribution is 5.39. The summed E-state index contributed by atoms with van der Waals surface area (Å²) in [5.74, 6) is -0.184. The second kappa shape index (κ2) is 4.55. The lowest BCUT2D eigenvalue weighted by atomic mass is 10.0. The lowest BCUT2D eigenvalue weighted by molar-refractivity contribution is 0.199. The molecule has 1 atom stereocenters. The lowest BCUT2D eigenvalue weighted by Gasteiger charge is -2.15. The van der Waals surface area contributed by atoms with E-state index < -0.39 is 11.9 Å². The third-order valence-corrected chi connectivity index (χ3v) is 2.65. The number of aryl methyl sites for hydroxylation is 1. The van der Waals surface area contributed by atoms with Gasteiger partial charge in [0.05, 0.1) is 18.4 Å². The van der Waals surface area contributed by atoms with Gasteiger partial charge in [-0.05, 0) is 18.2 Å². The van der Waals surface area contributed by atoms with E-state index in [1.54, 1.807) is 25.4 Å². The fraction of sp³-hybridized carbons (Fsp3) is 0.250. The molecule has 0 amide bonds. The molecule has 1 aromatic carbocycles. The minimum Gasteiger partial charge on any atom is -0.496 e. The number of halogens is 1. The maximum absolute atomic E-state index is 13.7. The van der Waals surface area contributed by atoms with E-state index in [-0.39, 0.29) is 5.56 Å². The molecule has 0 aliphatic carbocycles. The standard InChI is InChI=1S/C12H13FN2O2/c1-15-9(6-7-14-15)12(16)11-8(13)4-3-5-10(11)17-2/h3-7,12,16H,1-2H3. The number of hydrogen-bond acceptors (Lipinski definition) is 3. The highest BCUT2D eigenvalue weighted by atomic mass is 19.1. The first-order valence-electron chi connectivity index (χ1n) is 5.13. The van der Waals surface area contributed by atoms with Crippen LogP contribution in [0.3, 0.4) is 0 Å². The first-order valence-corrected chi connectivity index (χ1v) is 5.13. The Balaban J connectivity index is 2.50. The molecule has 0 radical (unpaired) electrons. The van der Waals surface area contributed by atoms with E-state index in [4.69, 9.17) is 4.74 Å². The molecular formula is C12H13FN2O2. The van der Waals surface area contributed by atoms with Gasteiger partial charge in [-0.15, -0.1) is 0 Å². The highest BCUT2D eigenvalue weighted by Crippen LogP contribution is 2.31. The molecule has 1 aromatic heterocycles. The zero-order chi connectivity index (χ0) is 12.4. The molecule has 1 heterocycles. The minimum atomic E-state index is -1.10. The van der Waals surface area contributed by atoms with Crippen molar-refractivity contribution in [3.05, 3.63) is 47.5 Å². The summed E-state index contributed by atoms with van der Waals surface area (Å²) in [6.07, 6.45) is 0.449. The molecule has 0 spiro atoms. The molecule has 5 heteroatoms. The summed E-state index contributed by atoms with van der Waals surface area (Å²) in [5.41, 5.74) is 0.631. The normalized spacial score (nSPS) is 12.5. The van der Waals surface area contributed by atoms with E-state index in [1.165, 1.54) is 23.9 Å². The lowest BCUT2D eigenvalue weighted by Crippen LogP contribution is -2.09. The Morgan fingerprint density at radius 2 is 2.18 bits per heavy atom. The van der Waals surface area contributed by atoms with Gasteiger partial charge in [0.15, 0.2) is 0 Å². The number of nitrogens with zero attached hydrogens (tertiary/aromatic N) is 2. The predicted octanol–water partition coefficient (Wildman–Crippen LogP) is 1.65. The first kappa shape index (κ1) is 11.6. The number of ether oxygens (including phenoxy) is 1. The summed E-state index contributed by atoms with van der Waals surface area (Å²) in [5, 5.41) is 14.1. The molecule has 4 nitrogen and oxygen atoms in total. The van der Waals surface area contributed by atoms with Crippen LogP contribution in [0.5, 0.6) is 5.75 Å². The quantitative estimate of drug-likeness (QED) is 0.881. The second-order valence-electron chi connectivity index (χ2n) is 3.64. The van der Waals surface area contributed by atoms with Crippen LogP contribution in [-0.2, 0) is 7.05 Å². The van der Waals surface area contributed by atoms with Gasteiger partial charge in [-0.1, -0.05) is 6.07 Å². The van der Waals surface area contributed by atoms with Gasteiger partial charge < -0.3 is 9.84 Å². The fourth-order valence-corrected chi connectivity index (χ4v) is 1.76. The third-order valence-electron chi connectivity index (χ3n) is 2.65. The molecule has 0 aliphatic heterocycles. The maximum atomic E-state index is 13.7. The van der Waals surface area contributed by atoms with Gasteiger partial charge in [0.2, 0.25) is 0 Å². The van der Waals surface area contributed by atoms with Gasteiger partial charge in [-0.2, -0.15) is 5.10 Å². The summed E-state index contributed by atoms with van der Waals surface area (Å²) in [6, 6.07) is 6.07. The van der Waals surface area contributed by atoms with Crippen LogP contribution < -0.4 is 4.74 Å². The average Bonchev–Trinajstić information content (AvgIpc) is 2.74. The van der Waals surface area contributed by atoms with E-state index in [2.05, 4.69) is 5.10 Å². The predicted molar refractivity (Wildman–Crippen MR) is 60.2 cm³/mol. The topological polar surface area (TPSA) is 47.3 Å². The van der Waals surface area contributed by atoms with Crippen LogP contribution in [0.25, 0.3) is 0 Å². The van der Waals surface area contributed by atoms with Crippen LogP contribution in [-0.4, -0.2) is 22.0 Å². The Hall–Kier alpha value is -1.88. The minimum absolute atomic E-state index is 0.124. The molecule has 0 fully saturated rings. The van der Waals surface area contributed by atoms with Crippen LogP contribution in [0, 0.1) is 5.82 Å². The molecule has 0 aliphatic rings. The third kappa shape index (κ3) is 2.01. The molecule has 2 rings (SSSR count). The van der Waals surface area contributed by atoms with Crippen molar-refractivity contribution < 1.29 is 14.2 Å². The van der Waals surface area contributed by atoms with Crippen LogP contribution in [0.1, 0.15) is 17.4 Å². The van der Waals surface area contributed by atoms with Crippen molar-refractivity contribution >= 4 is 0 Å². The van der Waals surface area contributed by atoms with Crippen molar-refractivity contribution in [2.75, 3.05) is 7.11 Å². The van der Waals surface area contributed by atoms with Crippen molar-refractivity contribution in [1.29, 1.82) is 0 Å². The van der Waals surface area contributed by atoms with Crippen LogP contribution in [0.15, 0.2) is 30.5 Å². The number of aromatic nitrogens is 2. The van der Waals surface area contributed by atoms with Crippen molar-refractivity contribution in [2.24, 2.45) is 7.05 Å². The van der Waals surface area contributed by atoms with Gasteiger partial charge in [0, 0.05) is 13.2 Å². The first-order chi connectivity index (χ1) is 8.15. The highest BCUT2D eigenvalue weighted by Gasteiger charge is 2.21. The van der Waals surface area contributed by atoms with Crippen molar-refractivity contribution in [1.82, 2.24) is 9.78 Å². The van der Waals surface area contributed by atoms with Gasteiger partial charge in [-0.25, -0.2) is 4.39 Å². The van der Waals surface area contributed by atoms with Gasteiger partial charge >= 0.3 is 0 Å². The van der Waals surface area contributed by atoms with E-state index >= 15 is 0 Å². The Morgan fingerprint density at radius 1 is 1.41 bits per heavy atom. The Kier molecular flexibility index (Phi) is 3.10. The molecule has 1 N–H and O–H groups in total. The van der Waals surface area contributed by atoms with Gasteiger partial charge in [0.1, 0.15) is 17.7 Å². The molecule has 90 valence electrons. The van der Waals surface area contributed by atoms with E-state index in [9.17, 15) is 9.50 Å². The molecule has 17 heavy (non-hydrogen) atoms. The van der Waals surface area contributed by atoms with Crippen LogP contribution >= 0.6 is 0 Å². The van der Waals surface area contributed by atoms with E-state index in [0.717, 1.165) is 0 Å². The molecular weight excluding hydrogens is 223 g/mol. The molecule has 0 saturated carbocycles. The summed E-state index contributed by atoms with van der Waals surface area (Å²) in [6.45, 7) is 0. The fourth-order valence-electron chi connectivity index (χ4n) is 1.76. The number of hydrogen-bond donors (Lipinski definition) is 1. The van der Waals surface area contributed by atoms with E-state index in [1.807, 2.05) is 0 Å².